The predicted molar refractivity (Wildman–Crippen MR) is 55.8 cm³/mol. The maximum absolute atomic E-state index is 13.3. The van der Waals surface area contributed by atoms with E-state index in [0.717, 1.165) is 0 Å². The molecule has 0 saturated carbocycles. The minimum Gasteiger partial charge on any atom is -0.488 e. The van der Waals surface area contributed by atoms with Crippen LogP contribution in [-0.4, -0.2) is 28.0 Å². The number of nitro groups is 1. The lowest BCUT2D eigenvalue weighted by molar-refractivity contribution is -0.387. The Kier molecular flexibility index (Phi) is 4.38. The molecule has 1 aromatic carbocycles. The minimum atomic E-state index is -1.44. The van der Waals surface area contributed by atoms with Gasteiger partial charge in [-0.25, -0.2) is 4.39 Å². The maximum Gasteiger partial charge on any atom is 0.325 e. The summed E-state index contributed by atoms with van der Waals surface area (Å²) in [5, 5.41) is 17.3. The molecule has 0 aromatic heterocycles. The third-order valence-electron chi connectivity index (χ3n) is 1.85. The van der Waals surface area contributed by atoms with E-state index < -0.39 is 45.9 Å². The van der Waals surface area contributed by atoms with E-state index in [9.17, 15) is 23.7 Å². The average Bonchev–Trinajstić information content (AvgIpc) is 2.28. The molecule has 0 bridgehead atoms. The molecule has 0 radical (unpaired) electrons. The quantitative estimate of drug-likeness (QED) is 0.506. The number of aliphatic carboxylic acids is 1. The Labute approximate surface area is 104 Å². The van der Waals surface area contributed by atoms with Gasteiger partial charge < -0.3 is 9.84 Å². The average molecular weight is 282 g/mol. The number of alkyl halides is 1. The molecule has 1 N–H and O–H groups in total. The molecule has 0 fully saturated rings. The van der Waals surface area contributed by atoms with Crippen LogP contribution < -0.4 is 4.74 Å². The van der Waals surface area contributed by atoms with Crippen LogP contribution in [0.4, 0.5) is 14.5 Å². The first-order valence-electron chi connectivity index (χ1n) is 4.46. The van der Waals surface area contributed by atoms with Crippen molar-refractivity contribution in [3.63, 3.8) is 0 Å². The Hall–Kier alpha value is -1.96. The fourth-order valence-electron chi connectivity index (χ4n) is 1.00. The third-order valence-corrected chi connectivity index (χ3v) is 2.16. The number of halogens is 3. The van der Waals surface area contributed by atoms with Gasteiger partial charge in [0.05, 0.1) is 11.0 Å². The normalized spacial score (nSPS) is 11.9. The zero-order valence-corrected chi connectivity index (χ0v) is 9.36. The summed E-state index contributed by atoms with van der Waals surface area (Å²) in [6.07, 6.45) is 0. The van der Waals surface area contributed by atoms with Crippen LogP contribution in [0.25, 0.3) is 0 Å². The number of rotatable bonds is 5. The Bertz CT molecular complexity index is 496. The highest BCUT2D eigenvalue weighted by Crippen LogP contribution is 2.26. The fourth-order valence-corrected chi connectivity index (χ4v) is 1.07. The maximum atomic E-state index is 13.3. The van der Waals surface area contributed by atoms with Gasteiger partial charge in [-0.15, -0.1) is 11.6 Å². The number of hydrogen-bond acceptors (Lipinski definition) is 4. The second-order valence-corrected chi connectivity index (χ2v) is 3.63. The molecule has 0 aliphatic rings. The Balaban J connectivity index is 2.88. The number of hydrogen-bond donors (Lipinski definition) is 1. The molecular weight excluding hydrogens is 276 g/mol. The summed E-state index contributed by atoms with van der Waals surface area (Å²) in [6, 6.07) is 0.799. The molecule has 98 valence electrons. The highest BCUT2D eigenvalue weighted by Gasteiger charge is 2.21. The number of nitro benzene ring substituents is 1. The van der Waals surface area contributed by atoms with Crippen molar-refractivity contribution in [2.45, 2.75) is 5.38 Å². The van der Waals surface area contributed by atoms with Gasteiger partial charge in [0.15, 0.2) is 16.9 Å². The Morgan fingerprint density at radius 2 is 2.11 bits per heavy atom. The van der Waals surface area contributed by atoms with Gasteiger partial charge in [-0.1, -0.05) is 0 Å². The van der Waals surface area contributed by atoms with E-state index in [2.05, 4.69) is 4.74 Å². The second kappa shape index (κ2) is 5.58. The van der Waals surface area contributed by atoms with E-state index in [1.807, 2.05) is 0 Å². The van der Waals surface area contributed by atoms with Crippen LogP contribution in [0.2, 0.25) is 0 Å². The van der Waals surface area contributed by atoms with Crippen LogP contribution in [0, 0.1) is 21.7 Å². The molecular formula is C9H6ClF2NO5. The zero-order chi connectivity index (χ0) is 13.9. The SMILES string of the molecule is O=C(O)C(Cl)COc1cc(F)c([N+](=O)[O-])cc1F. The molecule has 6 nitrogen and oxygen atoms in total. The molecule has 9 heteroatoms. The first-order valence-corrected chi connectivity index (χ1v) is 4.89. The van der Waals surface area contributed by atoms with Crippen molar-refractivity contribution in [1.82, 2.24) is 0 Å². The molecule has 18 heavy (non-hydrogen) atoms. The van der Waals surface area contributed by atoms with Crippen LogP contribution in [0.1, 0.15) is 0 Å². The van der Waals surface area contributed by atoms with E-state index in [1.54, 1.807) is 0 Å². The summed E-state index contributed by atoms with van der Waals surface area (Å²) in [4.78, 5) is 19.6. The van der Waals surface area contributed by atoms with Crippen LogP contribution in [0.15, 0.2) is 12.1 Å². The van der Waals surface area contributed by atoms with Gasteiger partial charge >= 0.3 is 11.7 Å². The molecule has 1 aromatic rings. The first-order chi connectivity index (χ1) is 8.32. The summed E-state index contributed by atoms with van der Waals surface area (Å²) in [6.45, 7) is -0.606. The first kappa shape index (κ1) is 14.1. The molecule has 1 atom stereocenters. The van der Waals surface area contributed by atoms with Crippen molar-refractivity contribution in [2.24, 2.45) is 0 Å². The van der Waals surface area contributed by atoms with E-state index >= 15 is 0 Å². The topological polar surface area (TPSA) is 89.7 Å². The number of carbonyl (C=O) groups is 1. The van der Waals surface area contributed by atoms with E-state index in [4.69, 9.17) is 16.7 Å². The largest absolute Gasteiger partial charge is 0.488 e. The number of carboxylic acids is 1. The van der Waals surface area contributed by atoms with Gasteiger partial charge in [-0.05, 0) is 0 Å². The van der Waals surface area contributed by atoms with Gasteiger partial charge in [0.2, 0.25) is 5.82 Å². The van der Waals surface area contributed by atoms with Crippen molar-refractivity contribution < 1.29 is 28.3 Å². The Morgan fingerprint density at radius 3 is 2.61 bits per heavy atom. The number of nitrogens with zero attached hydrogens (tertiary/aromatic N) is 1. The predicted octanol–water partition coefficient (Wildman–Crippen LogP) is 1.94. The van der Waals surface area contributed by atoms with E-state index in [-0.39, 0.29) is 0 Å². The van der Waals surface area contributed by atoms with Crippen molar-refractivity contribution in [3.05, 3.63) is 33.9 Å². The lowest BCUT2D eigenvalue weighted by atomic mass is 10.3. The summed E-state index contributed by atoms with van der Waals surface area (Å²) in [5.41, 5.74) is -1.04. The number of benzene rings is 1. The molecule has 0 saturated heterocycles. The van der Waals surface area contributed by atoms with Gasteiger partial charge in [-0.3, -0.25) is 14.9 Å². The standard InChI is InChI=1S/C9H6ClF2NO5/c10-4(9(14)15)3-18-8-2-5(11)7(13(16)17)1-6(8)12/h1-2,4H,3H2,(H,14,15). The molecule has 1 rings (SSSR count). The van der Waals surface area contributed by atoms with Crippen molar-refractivity contribution in [1.29, 1.82) is 0 Å². The molecule has 0 aliphatic heterocycles. The van der Waals surface area contributed by atoms with Gasteiger partial charge in [0, 0.05) is 6.07 Å². The highest BCUT2D eigenvalue weighted by molar-refractivity contribution is 6.29. The Morgan fingerprint density at radius 1 is 1.50 bits per heavy atom. The van der Waals surface area contributed by atoms with Gasteiger partial charge in [-0.2, -0.15) is 4.39 Å². The lowest BCUT2D eigenvalue weighted by Gasteiger charge is -2.08. The van der Waals surface area contributed by atoms with Crippen molar-refractivity contribution >= 4 is 23.3 Å². The van der Waals surface area contributed by atoms with Crippen LogP contribution in [0.5, 0.6) is 5.75 Å². The van der Waals surface area contributed by atoms with Gasteiger partial charge in [0.25, 0.3) is 0 Å². The highest BCUT2D eigenvalue weighted by atomic mass is 35.5. The molecule has 0 heterocycles. The van der Waals surface area contributed by atoms with Crippen molar-refractivity contribution in [3.8, 4) is 5.75 Å². The molecule has 0 spiro atoms. The fraction of sp³-hybridized carbons (Fsp3) is 0.222. The second-order valence-electron chi connectivity index (χ2n) is 3.11. The number of ether oxygens (including phenoxy) is 1. The van der Waals surface area contributed by atoms with Crippen LogP contribution >= 0.6 is 11.6 Å². The number of carboxylic acid groups (broad SMARTS) is 1. The third kappa shape index (κ3) is 3.27. The smallest absolute Gasteiger partial charge is 0.325 e. The molecule has 0 amide bonds. The molecule has 1 unspecified atom stereocenters. The zero-order valence-electron chi connectivity index (χ0n) is 8.60. The van der Waals surface area contributed by atoms with Gasteiger partial charge in [0.1, 0.15) is 6.61 Å². The summed E-state index contributed by atoms with van der Waals surface area (Å²) < 4.78 is 31.0. The summed E-state index contributed by atoms with van der Waals surface area (Å²) in [5.74, 6) is -4.51. The van der Waals surface area contributed by atoms with E-state index in [1.165, 1.54) is 0 Å². The monoisotopic (exact) mass is 281 g/mol. The van der Waals surface area contributed by atoms with Crippen LogP contribution in [0.3, 0.4) is 0 Å². The summed E-state index contributed by atoms with van der Waals surface area (Å²) >= 11 is 5.29. The van der Waals surface area contributed by atoms with E-state index in [0.29, 0.717) is 12.1 Å². The summed E-state index contributed by atoms with van der Waals surface area (Å²) in [7, 11) is 0. The lowest BCUT2D eigenvalue weighted by Crippen LogP contribution is -2.21. The van der Waals surface area contributed by atoms with Crippen LogP contribution in [-0.2, 0) is 4.79 Å². The molecule has 0 aliphatic carbocycles. The minimum absolute atomic E-state index is 0.342. The van der Waals surface area contributed by atoms with Crippen molar-refractivity contribution in [2.75, 3.05) is 6.61 Å².